The van der Waals surface area contributed by atoms with E-state index in [1.54, 1.807) is 0 Å². The number of benzene rings is 4. The third kappa shape index (κ3) is 2.71. The molecule has 0 saturated heterocycles. The molecule has 0 aliphatic heterocycles. The summed E-state index contributed by atoms with van der Waals surface area (Å²) in [6, 6.07) is 41.2. The highest BCUT2D eigenvalue weighted by Gasteiger charge is 2.50. The Morgan fingerprint density at radius 2 is 1.29 bits per heavy atom. The van der Waals surface area contributed by atoms with E-state index in [4.69, 9.17) is 4.42 Å². The zero-order chi connectivity index (χ0) is 22.7. The van der Waals surface area contributed by atoms with Crippen LogP contribution in [0.1, 0.15) is 22.3 Å². The van der Waals surface area contributed by atoms with E-state index in [1.807, 2.05) is 11.3 Å². The number of hydrogen-bond acceptors (Lipinski definition) is 2. The van der Waals surface area contributed by atoms with E-state index in [-0.39, 0.29) is 0 Å². The molecule has 0 N–H and O–H groups in total. The van der Waals surface area contributed by atoms with Crippen LogP contribution in [-0.2, 0) is 5.41 Å². The van der Waals surface area contributed by atoms with E-state index in [2.05, 4.69) is 131 Å². The second-order valence-corrected chi connectivity index (χ2v) is 10.6. The van der Waals surface area contributed by atoms with Gasteiger partial charge in [-0.2, -0.15) is 0 Å². The molecule has 4 aromatic carbocycles. The van der Waals surface area contributed by atoms with Crippen LogP contribution in [0, 0.1) is 0 Å². The van der Waals surface area contributed by atoms with E-state index in [0.29, 0.717) is 0 Å². The van der Waals surface area contributed by atoms with E-state index in [1.165, 1.54) is 43.0 Å². The molecule has 1 aliphatic rings. The summed E-state index contributed by atoms with van der Waals surface area (Å²) in [5.41, 5.74) is 6.78. The van der Waals surface area contributed by atoms with Crippen LogP contribution >= 0.6 is 27.3 Å². The quantitative estimate of drug-likeness (QED) is 0.227. The van der Waals surface area contributed by atoms with Crippen molar-refractivity contribution in [3.63, 3.8) is 0 Å². The fraction of sp³-hybridized carbons (Fsp3) is 0.0323. The lowest BCUT2D eigenvalue weighted by molar-refractivity contribution is 0.629. The number of rotatable bonds is 3. The molecular weight excluding hydrogens is 500 g/mol. The van der Waals surface area contributed by atoms with Crippen molar-refractivity contribution < 1.29 is 4.42 Å². The van der Waals surface area contributed by atoms with Gasteiger partial charge in [0, 0.05) is 20.3 Å². The number of hydrogen-bond donors (Lipinski definition) is 0. The predicted octanol–water partition coefficient (Wildman–Crippen LogP) is 9.29. The van der Waals surface area contributed by atoms with Crippen LogP contribution in [0.25, 0.3) is 32.0 Å². The molecule has 0 radical (unpaired) electrons. The van der Waals surface area contributed by atoms with Gasteiger partial charge in [-0.05, 0) is 46.5 Å². The second-order valence-electron chi connectivity index (χ2n) is 8.64. The Kier molecular flexibility index (Phi) is 4.45. The molecule has 1 nitrogen and oxygen atoms in total. The van der Waals surface area contributed by atoms with Gasteiger partial charge in [0.2, 0.25) is 0 Å². The van der Waals surface area contributed by atoms with Gasteiger partial charge in [0.1, 0.15) is 5.58 Å². The molecule has 0 unspecified atom stereocenters. The second kappa shape index (κ2) is 7.56. The van der Waals surface area contributed by atoms with Gasteiger partial charge in [-0.15, -0.1) is 11.3 Å². The van der Waals surface area contributed by atoms with E-state index in [0.717, 1.165) is 15.8 Å². The Hall–Kier alpha value is -3.40. The van der Waals surface area contributed by atoms with Gasteiger partial charge in [-0.1, -0.05) is 107 Å². The maximum atomic E-state index is 6.61. The summed E-state index contributed by atoms with van der Waals surface area (Å²) in [5, 5.41) is 1.18. The first-order valence-electron chi connectivity index (χ1n) is 11.3. The van der Waals surface area contributed by atoms with Gasteiger partial charge in [0.05, 0.1) is 10.3 Å². The summed E-state index contributed by atoms with van der Waals surface area (Å²) in [6.07, 6.45) is 0. The number of thiophene rings is 1. The van der Waals surface area contributed by atoms with Crippen molar-refractivity contribution in [3.05, 3.63) is 142 Å². The van der Waals surface area contributed by atoms with Gasteiger partial charge in [-0.3, -0.25) is 0 Å². The fourth-order valence-electron chi connectivity index (χ4n) is 5.45. The summed E-state index contributed by atoms with van der Waals surface area (Å²) in [6.45, 7) is 0. The number of halogens is 1. The Balaban J connectivity index is 1.63. The lowest BCUT2D eigenvalue weighted by Gasteiger charge is -2.32. The van der Waals surface area contributed by atoms with E-state index < -0.39 is 5.41 Å². The van der Waals surface area contributed by atoms with Crippen LogP contribution < -0.4 is 0 Å². The SMILES string of the molecule is Brc1ccc(-c2cc3c(s2)-c2oc4ccccc4c2C3(c2ccccc2)c2ccccc2)cc1. The van der Waals surface area contributed by atoms with Crippen LogP contribution in [0.4, 0.5) is 0 Å². The van der Waals surface area contributed by atoms with Crippen molar-refractivity contribution >= 4 is 38.2 Å². The zero-order valence-electron chi connectivity index (χ0n) is 18.2. The topological polar surface area (TPSA) is 13.1 Å². The Labute approximate surface area is 210 Å². The largest absolute Gasteiger partial charge is 0.455 e. The Morgan fingerprint density at radius 3 is 1.97 bits per heavy atom. The predicted molar refractivity (Wildman–Crippen MR) is 145 cm³/mol. The first-order valence-corrected chi connectivity index (χ1v) is 12.9. The minimum absolute atomic E-state index is 0.441. The summed E-state index contributed by atoms with van der Waals surface area (Å²) in [7, 11) is 0. The minimum atomic E-state index is -0.441. The highest BCUT2D eigenvalue weighted by Crippen LogP contribution is 2.62. The molecule has 0 saturated carbocycles. The van der Waals surface area contributed by atoms with Gasteiger partial charge in [0.25, 0.3) is 0 Å². The molecule has 0 fully saturated rings. The average molecular weight is 519 g/mol. The monoisotopic (exact) mass is 518 g/mol. The molecule has 162 valence electrons. The van der Waals surface area contributed by atoms with Gasteiger partial charge in [-0.25, -0.2) is 0 Å². The molecule has 1 aliphatic carbocycles. The van der Waals surface area contributed by atoms with Crippen molar-refractivity contribution in [2.24, 2.45) is 0 Å². The Bertz CT molecular complexity index is 1600. The standard InChI is InChI=1S/C31H19BrOS/c32-23-17-15-20(16-18-23)27-19-25-30(34-27)29-28(24-13-7-8-14-26(24)33-29)31(25,21-9-3-1-4-10-21)22-11-5-2-6-12-22/h1-19H. The number of fused-ring (bicyclic) bond motifs is 5. The zero-order valence-corrected chi connectivity index (χ0v) is 20.6. The van der Waals surface area contributed by atoms with Crippen molar-refractivity contribution in [1.29, 1.82) is 0 Å². The fourth-order valence-corrected chi connectivity index (χ4v) is 6.92. The summed E-state index contributed by atoms with van der Waals surface area (Å²) >= 11 is 5.39. The lowest BCUT2D eigenvalue weighted by atomic mass is 9.67. The Morgan fingerprint density at radius 1 is 0.676 bits per heavy atom. The van der Waals surface area contributed by atoms with Crippen LogP contribution in [0.5, 0.6) is 0 Å². The molecule has 34 heavy (non-hydrogen) atoms. The van der Waals surface area contributed by atoms with Crippen molar-refractivity contribution in [2.75, 3.05) is 0 Å². The first-order chi connectivity index (χ1) is 16.8. The van der Waals surface area contributed by atoms with Crippen molar-refractivity contribution in [3.8, 4) is 21.1 Å². The third-order valence-electron chi connectivity index (χ3n) is 6.86. The molecule has 0 amide bonds. The number of para-hydroxylation sites is 1. The molecule has 0 bridgehead atoms. The van der Waals surface area contributed by atoms with Crippen molar-refractivity contribution in [2.45, 2.75) is 5.41 Å². The molecule has 0 atom stereocenters. The maximum Gasteiger partial charge on any atom is 0.150 e. The van der Waals surface area contributed by atoms with Gasteiger partial charge >= 0.3 is 0 Å². The average Bonchev–Trinajstić information content (AvgIpc) is 3.55. The van der Waals surface area contributed by atoms with Crippen LogP contribution in [-0.4, -0.2) is 0 Å². The van der Waals surface area contributed by atoms with E-state index >= 15 is 0 Å². The molecular formula is C31H19BrOS. The van der Waals surface area contributed by atoms with Crippen LogP contribution in [0.3, 0.4) is 0 Å². The maximum absolute atomic E-state index is 6.61. The summed E-state index contributed by atoms with van der Waals surface area (Å²) in [5.74, 6) is 0.997. The third-order valence-corrected chi connectivity index (χ3v) is 8.57. The molecule has 7 rings (SSSR count). The molecule has 0 spiro atoms. The molecule has 6 aromatic rings. The summed E-state index contributed by atoms with van der Waals surface area (Å²) in [4.78, 5) is 2.47. The molecule has 2 aromatic heterocycles. The highest BCUT2D eigenvalue weighted by molar-refractivity contribution is 9.10. The normalized spacial score (nSPS) is 13.7. The molecule has 3 heteroatoms. The van der Waals surface area contributed by atoms with Crippen LogP contribution in [0.2, 0.25) is 0 Å². The minimum Gasteiger partial charge on any atom is -0.455 e. The smallest absolute Gasteiger partial charge is 0.150 e. The van der Waals surface area contributed by atoms with E-state index in [9.17, 15) is 0 Å². The lowest BCUT2D eigenvalue weighted by Crippen LogP contribution is -2.28. The molecule has 2 heterocycles. The first kappa shape index (κ1) is 20.0. The van der Waals surface area contributed by atoms with Crippen LogP contribution in [0.15, 0.2) is 124 Å². The number of furan rings is 1. The highest BCUT2D eigenvalue weighted by atomic mass is 79.9. The van der Waals surface area contributed by atoms with Gasteiger partial charge < -0.3 is 4.42 Å². The van der Waals surface area contributed by atoms with Crippen molar-refractivity contribution in [1.82, 2.24) is 0 Å². The van der Waals surface area contributed by atoms with Gasteiger partial charge in [0.15, 0.2) is 5.76 Å². The summed E-state index contributed by atoms with van der Waals surface area (Å²) < 4.78 is 7.69.